The summed E-state index contributed by atoms with van der Waals surface area (Å²) >= 11 is 0. The van der Waals surface area contributed by atoms with Gasteiger partial charge in [0.2, 0.25) is 0 Å². The maximum absolute atomic E-state index is 6.75. The minimum absolute atomic E-state index is 0.529. The minimum atomic E-state index is -0.529. The summed E-state index contributed by atoms with van der Waals surface area (Å²) in [6, 6.07) is 81.8. The summed E-state index contributed by atoms with van der Waals surface area (Å²) in [5.74, 6) is 0. The summed E-state index contributed by atoms with van der Waals surface area (Å²) in [4.78, 5) is 2.52. The topological polar surface area (TPSA) is 16.4 Å². The number of para-hydroxylation sites is 1. The first-order valence-corrected chi connectivity index (χ1v) is 20.4. The van der Waals surface area contributed by atoms with Gasteiger partial charge in [-0.1, -0.05) is 194 Å². The van der Waals surface area contributed by atoms with Crippen LogP contribution in [0.2, 0.25) is 0 Å². The maximum Gasteiger partial charge on any atom is 0.143 e. The summed E-state index contributed by atoms with van der Waals surface area (Å²) in [5.41, 5.74) is 14.4. The van der Waals surface area contributed by atoms with E-state index in [4.69, 9.17) is 4.42 Å². The van der Waals surface area contributed by atoms with Crippen LogP contribution in [0, 0.1) is 0 Å². The molecule has 0 radical (unpaired) electrons. The van der Waals surface area contributed by atoms with E-state index in [1.54, 1.807) is 0 Å². The molecule has 0 saturated heterocycles. The number of furan rings is 1. The molecule has 11 aromatic rings. The SMILES string of the molecule is c1ccc(C2(c3ccccc3)c3ccccc3-c3c(N(c4ccccc4-c4cccc5oc6c7ccccc7ccc6c45)c4cccc5ccccc45)cccc32)cc1. The quantitative estimate of drug-likeness (QED) is 0.168. The molecule has 276 valence electrons. The third kappa shape index (κ3) is 4.87. The van der Waals surface area contributed by atoms with Crippen molar-refractivity contribution in [1.82, 2.24) is 0 Å². The molecule has 10 aromatic carbocycles. The molecule has 0 unspecified atom stereocenters. The lowest BCUT2D eigenvalue weighted by atomic mass is 9.68. The van der Waals surface area contributed by atoms with Gasteiger partial charge in [-0.25, -0.2) is 0 Å². The Morgan fingerprint density at radius 2 is 0.881 bits per heavy atom. The van der Waals surface area contributed by atoms with Crippen LogP contribution in [0.1, 0.15) is 22.3 Å². The van der Waals surface area contributed by atoms with Crippen molar-refractivity contribution in [2.75, 3.05) is 4.90 Å². The Bertz CT molecular complexity index is 3350. The molecule has 12 rings (SSSR count). The second kappa shape index (κ2) is 13.2. The average molecular weight is 752 g/mol. The Kier molecular flexibility index (Phi) is 7.48. The van der Waals surface area contributed by atoms with Crippen molar-refractivity contribution in [2.45, 2.75) is 5.41 Å². The molecule has 2 heteroatoms. The largest absolute Gasteiger partial charge is 0.455 e. The molecule has 0 saturated carbocycles. The Hall–Kier alpha value is -7.68. The highest BCUT2D eigenvalue weighted by Gasteiger charge is 2.47. The summed E-state index contributed by atoms with van der Waals surface area (Å²) in [7, 11) is 0. The van der Waals surface area contributed by atoms with Crippen molar-refractivity contribution in [3.63, 3.8) is 0 Å². The highest BCUT2D eigenvalue weighted by Crippen LogP contribution is 2.60. The monoisotopic (exact) mass is 751 g/mol. The molecule has 0 atom stereocenters. The Morgan fingerprint density at radius 1 is 0.339 bits per heavy atom. The number of hydrogen-bond acceptors (Lipinski definition) is 2. The highest BCUT2D eigenvalue weighted by molar-refractivity contribution is 6.20. The van der Waals surface area contributed by atoms with Crippen LogP contribution in [0.25, 0.3) is 65.7 Å². The van der Waals surface area contributed by atoms with Crippen molar-refractivity contribution in [3.05, 3.63) is 247 Å². The number of anilines is 3. The average Bonchev–Trinajstić information content (AvgIpc) is 3.85. The number of fused-ring (bicyclic) bond motifs is 9. The number of hydrogen-bond donors (Lipinski definition) is 0. The predicted octanol–water partition coefficient (Wildman–Crippen LogP) is 15.4. The van der Waals surface area contributed by atoms with E-state index in [9.17, 15) is 0 Å². The lowest BCUT2D eigenvalue weighted by Crippen LogP contribution is -2.28. The van der Waals surface area contributed by atoms with Gasteiger partial charge in [-0.3, -0.25) is 0 Å². The normalized spacial score (nSPS) is 12.9. The van der Waals surface area contributed by atoms with Gasteiger partial charge in [0.15, 0.2) is 0 Å². The Morgan fingerprint density at radius 3 is 1.68 bits per heavy atom. The molecule has 0 amide bonds. The first kappa shape index (κ1) is 33.5. The molecular formula is C57H37NO. The molecule has 1 aliphatic rings. The molecule has 59 heavy (non-hydrogen) atoms. The lowest BCUT2D eigenvalue weighted by molar-refractivity contribution is 0.673. The van der Waals surface area contributed by atoms with E-state index in [1.165, 1.54) is 49.5 Å². The van der Waals surface area contributed by atoms with Crippen molar-refractivity contribution >= 4 is 60.5 Å². The second-order valence-electron chi connectivity index (χ2n) is 15.5. The summed E-state index contributed by atoms with van der Waals surface area (Å²) < 4.78 is 6.75. The molecule has 2 nitrogen and oxygen atoms in total. The molecule has 1 aliphatic carbocycles. The molecule has 1 heterocycles. The zero-order valence-electron chi connectivity index (χ0n) is 32.2. The second-order valence-corrected chi connectivity index (χ2v) is 15.5. The van der Waals surface area contributed by atoms with Gasteiger partial charge in [-0.15, -0.1) is 0 Å². The fraction of sp³-hybridized carbons (Fsp3) is 0.0175. The smallest absolute Gasteiger partial charge is 0.143 e. The molecule has 0 spiro atoms. The summed E-state index contributed by atoms with van der Waals surface area (Å²) in [6.45, 7) is 0. The third-order valence-corrected chi connectivity index (χ3v) is 12.5. The first-order valence-electron chi connectivity index (χ1n) is 20.4. The third-order valence-electron chi connectivity index (χ3n) is 12.5. The van der Waals surface area contributed by atoms with E-state index in [0.29, 0.717) is 0 Å². The predicted molar refractivity (Wildman–Crippen MR) is 246 cm³/mol. The summed E-state index contributed by atoms with van der Waals surface area (Å²) in [6.07, 6.45) is 0. The van der Waals surface area contributed by atoms with Gasteiger partial charge in [0.05, 0.1) is 22.5 Å². The van der Waals surface area contributed by atoms with Crippen molar-refractivity contribution in [3.8, 4) is 22.3 Å². The van der Waals surface area contributed by atoms with Gasteiger partial charge >= 0.3 is 0 Å². The highest BCUT2D eigenvalue weighted by atomic mass is 16.3. The number of rotatable bonds is 6. The minimum Gasteiger partial charge on any atom is -0.455 e. The number of nitrogens with zero attached hydrogens (tertiary/aromatic N) is 1. The van der Waals surface area contributed by atoms with Gasteiger partial charge in [0.1, 0.15) is 11.2 Å². The van der Waals surface area contributed by atoms with Gasteiger partial charge in [-0.05, 0) is 74.5 Å². The van der Waals surface area contributed by atoms with Crippen LogP contribution >= 0.6 is 0 Å². The van der Waals surface area contributed by atoms with Crippen LogP contribution in [0.3, 0.4) is 0 Å². The van der Waals surface area contributed by atoms with Crippen molar-refractivity contribution in [2.24, 2.45) is 0 Å². The van der Waals surface area contributed by atoms with Crippen LogP contribution in [0.5, 0.6) is 0 Å². The van der Waals surface area contributed by atoms with E-state index >= 15 is 0 Å². The van der Waals surface area contributed by atoms with E-state index in [-0.39, 0.29) is 0 Å². The lowest BCUT2D eigenvalue weighted by Gasteiger charge is -2.35. The maximum atomic E-state index is 6.75. The van der Waals surface area contributed by atoms with Crippen LogP contribution < -0.4 is 4.90 Å². The van der Waals surface area contributed by atoms with Gasteiger partial charge in [0.25, 0.3) is 0 Å². The van der Waals surface area contributed by atoms with E-state index < -0.39 is 5.41 Å². The fourth-order valence-corrected chi connectivity index (χ4v) is 10.1. The zero-order valence-corrected chi connectivity index (χ0v) is 32.2. The van der Waals surface area contributed by atoms with Crippen molar-refractivity contribution < 1.29 is 4.42 Å². The van der Waals surface area contributed by atoms with E-state index in [2.05, 4.69) is 229 Å². The van der Waals surface area contributed by atoms with Crippen LogP contribution in [-0.2, 0) is 5.41 Å². The Labute approximate surface area is 342 Å². The van der Waals surface area contributed by atoms with Crippen LogP contribution in [0.4, 0.5) is 17.1 Å². The van der Waals surface area contributed by atoms with Gasteiger partial charge < -0.3 is 9.32 Å². The molecule has 0 fully saturated rings. The van der Waals surface area contributed by atoms with Gasteiger partial charge in [0, 0.05) is 32.7 Å². The van der Waals surface area contributed by atoms with E-state index in [0.717, 1.165) is 55.5 Å². The zero-order chi connectivity index (χ0) is 38.9. The van der Waals surface area contributed by atoms with E-state index in [1.807, 2.05) is 0 Å². The molecule has 0 aliphatic heterocycles. The number of benzene rings is 10. The standard InChI is InChI=1S/C57H37NO/c1-3-21-40(22-4-1)57(41-23-5-2-6-24-41)48-30-13-11-28-46(48)55-49(57)31-17-34-52(55)58(50-33-15-20-38-18-7-9-25-42(38)50)51-32-14-12-27-44(51)45-29-16-35-53-54(45)47-37-36-39-19-8-10-26-43(39)56(47)59-53/h1-37H. The molecule has 0 N–H and O–H groups in total. The first-order chi connectivity index (χ1) is 29.3. The van der Waals surface area contributed by atoms with Gasteiger partial charge in [-0.2, -0.15) is 0 Å². The van der Waals surface area contributed by atoms with Crippen molar-refractivity contribution in [1.29, 1.82) is 0 Å². The molecule has 0 bridgehead atoms. The fourth-order valence-electron chi connectivity index (χ4n) is 10.1. The van der Waals surface area contributed by atoms with Crippen LogP contribution in [-0.4, -0.2) is 0 Å². The Balaban J connectivity index is 1.19. The summed E-state index contributed by atoms with van der Waals surface area (Å²) in [5, 5.41) is 6.91. The van der Waals surface area contributed by atoms with Crippen LogP contribution in [0.15, 0.2) is 229 Å². The molecule has 1 aromatic heterocycles. The molecular weight excluding hydrogens is 715 g/mol.